The summed E-state index contributed by atoms with van der Waals surface area (Å²) in [5.41, 5.74) is 2.11. The topological polar surface area (TPSA) is 0 Å². The van der Waals surface area contributed by atoms with E-state index in [1.54, 1.807) is 0 Å². The largest absolute Gasteiger partial charge is 0.0622 e. The monoisotopic (exact) mass is 232 g/mol. The molecule has 0 nitrogen and oxygen atoms in total. The Balaban J connectivity index is 3.09. The molecule has 0 fully saturated rings. The molecule has 1 aromatic carbocycles. The van der Waals surface area contributed by atoms with Gasteiger partial charge in [-0.3, -0.25) is 0 Å². The summed E-state index contributed by atoms with van der Waals surface area (Å²) in [6.45, 7) is 16.6. The Morgan fingerprint density at radius 1 is 0.765 bits per heavy atom. The first kappa shape index (κ1) is 14.3. The fourth-order valence-corrected chi connectivity index (χ4v) is 3.75. The molecule has 1 rings (SSSR count). The zero-order valence-corrected chi connectivity index (χ0v) is 12.5. The van der Waals surface area contributed by atoms with Gasteiger partial charge in [0.2, 0.25) is 0 Å². The van der Waals surface area contributed by atoms with E-state index in [-0.39, 0.29) is 0 Å². The van der Waals surface area contributed by atoms with Crippen molar-refractivity contribution in [3.8, 4) is 0 Å². The molecule has 1 unspecified atom stereocenters. The van der Waals surface area contributed by atoms with Gasteiger partial charge in [-0.15, -0.1) is 0 Å². The van der Waals surface area contributed by atoms with E-state index in [0.29, 0.717) is 22.7 Å². The van der Waals surface area contributed by atoms with Crippen molar-refractivity contribution in [2.24, 2.45) is 16.7 Å². The Hall–Kier alpha value is -0.780. The van der Waals surface area contributed by atoms with Crippen LogP contribution in [0.1, 0.15) is 59.9 Å². The molecular formula is C17H28. The fraction of sp³-hybridized carbons (Fsp3) is 0.647. The number of hydrogen-bond donors (Lipinski definition) is 0. The standard InChI is InChI=1S/C17H28/c1-13(14-11-9-8-10-12-14)15(16(2,3)4)17(5,6)7/h8-13,15H,1-7H3. The normalized spacial score (nSPS) is 15.1. The van der Waals surface area contributed by atoms with E-state index >= 15 is 0 Å². The minimum absolute atomic E-state index is 0.327. The van der Waals surface area contributed by atoms with E-state index in [4.69, 9.17) is 0 Å². The quantitative estimate of drug-likeness (QED) is 0.631. The molecule has 0 radical (unpaired) electrons. The summed E-state index contributed by atoms with van der Waals surface area (Å²) in [6.07, 6.45) is 0. The predicted octanol–water partition coefficient (Wildman–Crippen LogP) is 5.50. The van der Waals surface area contributed by atoms with Crippen LogP contribution in [0.4, 0.5) is 0 Å². The Labute approximate surface area is 107 Å². The first-order valence-electron chi connectivity index (χ1n) is 6.69. The van der Waals surface area contributed by atoms with Crippen molar-refractivity contribution >= 4 is 0 Å². The maximum absolute atomic E-state index is 2.37. The van der Waals surface area contributed by atoms with Crippen LogP contribution in [0.25, 0.3) is 0 Å². The summed E-state index contributed by atoms with van der Waals surface area (Å²) in [6, 6.07) is 10.9. The third kappa shape index (κ3) is 3.59. The highest BCUT2D eigenvalue weighted by molar-refractivity contribution is 5.20. The third-order valence-corrected chi connectivity index (χ3v) is 3.69. The second kappa shape index (κ2) is 4.84. The summed E-state index contributed by atoms with van der Waals surface area (Å²) in [7, 11) is 0. The molecule has 0 saturated heterocycles. The predicted molar refractivity (Wildman–Crippen MR) is 77.3 cm³/mol. The van der Waals surface area contributed by atoms with E-state index in [0.717, 1.165) is 0 Å². The Morgan fingerprint density at radius 2 is 1.18 bits per heavy atom. The maximum Gasteiger partial charge on any atom is -0.0152 e. The van der Waals surface area contributed by atoms with Crippen molar-refractivity contribution in [3.05, 3.63) is 35.9 Å². The minimum atomic E-state index is 0.327. The molecule has 0 N–H and O–H groups in total. The summed E-state index contributed by atoms with van der Waals surface area (Å²) in [5, 5.41) is 0. The Kier molecular flexibility index (Phi) is 4.06. The van der Waals surface area contributed by atoms with Gasteiger partial charge in [0, 0.05) is 0 Å². The Bertz CT molecular complexity index is 321. The van der Waals surface area contributed by atoms with Crippen LogP contribution in [0.3, 0.4) is 0 Å². The van der Waals surface area contributed by atoms with Crippen LogP contribution in [0.5, 0.6) is 0 Å². The lowest BCUT2D eigenvalue weighted by molar-refractivity contribution is 0.0790. The lowest BCUT2D eigenvalue weighted by Gasteiger charge is -2.45. The van der Waals surface area contributed by atoms with Gasteiger partial charge in [0.15, 0.2) is 0 Å². The average Bonchev–Trinajstić information content (AvgIpc) is 2.14. The van der Waals surface area contributed by atoms with Gasteiger partial charge < -0.3 is 0 Å². The molecule has 1 atom stereocenters. The van der Waals surface area contributed by atoms with Crippen LogP contribution < -0.4 is 0 Å². The minimum Gasteiger partial charge on any atom is -0.0622 e. The van der Waals surface area contributed by atoms with Gasteiger partial charge in [-0.2, -0.15) is 0 Å². The van der Waals surface area contributed by atoms with E-state index in [2.05, 4.69) is 78.8 Å². The number of hydrogen-bond acceptors (Lipinski definition) is 0. The Morgan fingerprint density at radius 3 is 1.53 bits per heavy atom. The van der Waals surface area contributed by atoms with Gasteiger partial charge in [-0.1, -0.05) is 78.8 Å². The third-order valence-electron chi connectivity index (χ3n) is 3.69. The second-order valence-corrected chi connectivity index (χ2v) is 7.41. The van der Waals surface area contributed by atoms with Gasteiger partial charge in [0.25, 0.3) is 0 Å². The van der Waals surface area contributed by atoms with Gasteiger partial charge >= 0.3 is 0 Å². The van der Waals surface area contributed by atoms with E-state index in [1.807, 2.05) is 0 Å². The average molecular weight is 232 g/mol. The highest BCUT2D eigenvalue weighted by Crippen LogP contribution is 2.48. The highest BCUT2D eigenvalue weighted by atomic mass is 14.4. The van der Waals surface area contributed by atoms with Crippen molar-refractivity contribution < 1.29 is 0 Å². The SMILES string of the molecule is CC(c1ccccc1)C(C(C)(C)C)C(C)(C)C. The molecule has 1 aromatic rings. The van der Waals surface area contributed by atoms with Crippen LogP contribution in [0.15, 0.2) is 30.3 Å². The van der Waals surface area contributed by atoms with Crippen molar-refractivity contribution in [1.82, 2.24) is 0 Å². The molecular weight excluding hydrogens is 204 g/mol. The van der Waals surface area contributed by atoms with E-state index in [1.165, 1.54) is 5.56 Å². The molecule has 0 saturated carbocycles. The van der Waals surface area contributed by atoms with E-state index in [9.17, 15) is 0 Å². The summed E-state index contributed by atoms with van der Waals surface area (Å²) in [5.74, 6) is 1.26. The highest BCUT2D eigenvalue weighted by Gasteiger charge is 2.38. The van der Waals surface area contributed by atoms with Crippen molar-refractivity contribution in [2.75, 3.05) is 0 Å². The lowest BCUT2D eigenvalue weighted by Crippen LogP contribution is -2.36. The number of benzene rings is 1. The maximum atomic E-state index is 2.37. The first-order valence-corrected chi connectivity index (χ1v) is 6.69. The van der Waals surface area contributed by atoms with Gasteiger partial charge in [0.1, 0.15) is 0 Å². The molecule has 0 heteroatoms. The molecule has 0 amide bonds. The molecule has 0 heterocycles. The fourth-order valence-electron chi connectivity index (χ4n) is 3.75. The number of rotatable bonds is 2. The first-order chi connectivity index (χ1) is 7.64. The molecule has 17 heavy (non-hydrogen) atoms. The smallest absolute Gasteiger partial charge is 0.0152 e. The van der Waals surface area contributed by atoms with Crippen LogP contribution in [0.2, 0.25) is 0 Å². The summed E-state index contributed by atoms with van der Waals surface area (Å²) in [4.78, 5) is 0. The van der Waals surface area contributed by atoms with Gasteiger partial charge in [-0.25, -0.2) is 0 Å². The molecule has 0 aromatic heterocycles. The summed E-state index contributed by atoms with van der Waals surface area (Å²) < 4.78 is 0. The zero-order chi connectivity index (χ0) is 13.3. The molecule has 96 valence electrons. The van der Waals surface area contributed by atoms with Gasteiger partial charge in [-0.05, 0) is 28.2 Å². The van der Waals surface area contributed by atoms with Crippen LogP contribution in [-0.4, -0.2) is 0 Å². The second-order valence-electron chi connectivity index (χ2n) is 7.41. The van der Waals surface area contributed by atoms with Crippen LogP contribution in [0, 0.1) is 16.7 Å². The molecule has 0 bridgehead atoms. The molecule has 0 spiro atoms. The van der Waals surface area contributed by atoms with Crippen molar-refractivity contribution in [2.45, 2.75) is 54.4 Å². The van der Waals surface area contributed by atoms with Crippen LogP contribution >= 0.6 is 0 Å². The van der Waals surface area contributed by atoms with E-state index < -0.39 is 0 Å². The van der Waals surface area contributed by atoms with Crippen molar-refractivity contribution in [1.29, 1.82) is 0 Å². The summed E-state index contributed by atoms with van der Waals surface area (Å²) >= 11 is 0. The molecule has 0 aliphatic carbocycles. The van der Waals surface area contributed by atoms with Crippen LogP contribution in [-0.2, 0) is 0 Å². The lowest BCUT2D eigenvalue weighted by atomic mass is 9.60. The van der Waals surface area contributed by atoms with Gasteiger partial charge in [0.05, 0.1) is 0 Å². The zero-order valence-electron chi connectivity index (χ0n) is 12.5. The van der Waals surface area contributed by atoms with Crippen molar-refractivity contribution in [3.63, 3.8) is 0 Å². The molecule has 0 aliphatic rings. The molecule has 0 aliphatic heterocycles.